The Bertz CT molecular complexity index is 1050. The Hall–Kier alpha value is -2.68. The quantitative estimate of drug-likeness (QED) is 0.429. The normalized spacial score (nSPS) is 10.5. The summed E-state index contributed by atoms with van der Waals surface area (Å²) in [4.78, 5) is 26.6. The zero-order chi connectivity index (χ0) is 22.2. The van der Waals surface area contributed by atoms with Gasteiger partial charge in [-0.3, -0.25) is 4.79 Å². The zero-order valence-corrected chi connectivity index (χ0v) is 19.1. The Labute approximate surface area is 194 Å². The molecule has 1 heterocycles. The molecule has 31 heavy (non-hydrogen) atoms. The van der Waals surface area contributed by atoms with Gasteiger partial charge in [0, 0.05) is 30.1 Å². The van der Waals surface area contributed by atoms with Crippen molar-refractivity contribution in [2.75, 3.05) is 23.7 Å². The molecule has 0 aliphatic carbocycles. The van der Waals surface area contributed by atoms with E-state index in [9.17, 15) is 9.59 Å². The lowest BCUT2D eigenvalue weighted by Gasteiger charge is -2.22. The van der Waals surface area contributed by atoms with E-state index in [2.05, 4.69) is 20.8 Å². The molecule has 0 saturated carbocycles. The van der Waals surface area contributed by atoms with E-state index in [-0.39, 0.29) is 24.9 Å². The van der Waals surface area contributed by atoms with Gasteiger partial charge in [-0.05, 0) is 24.6 Å². The third-order valence-corrected chi connectivity index (χ3v) is 5.69. The fourth-order valence-corrected chi connectivity index (χ4v) is 3.98. The fraction of sp³-hybridized carbons (Fsp3) is 0.238. The van der Waals surface area contributed by atoms with Gasteiger partial charge < -0.3 is 15.5 Å². The topological polar surface area (TPSA) is 87.2 Å². The van der Waals surface area contributed by atoms with Gasteiger partial charge in [-0.25, -0.2) is 4.79 Å². The van der Waals surface area contributed by atoms with Gasteiger partial charge in [-0.1, -0.05) is 71.8 Å². The first kappa shape index (κ1) is 23.0. The highest BCUT2D eigenvalue weighted by Gasteiger charge is 2.17. The third kappa shape index (κ3) is 6.65. The van der Waals surface area contributed by atoms with Gasteiger partial charge in [0.2, 0.25) is 11.0 Å². The van der Waals surface area contributed by atoms with Gasteiger partial charge >= 0.3 is 6.03 Å². The van der Waals surface area contributed by atoms with Crippen LogP contribution in [0.1, 0.15) is 19.8 Å². The lowest BCUT2D eigenvalue weighted by molar-refractivity contribution is -0.116. The Balaban J connectivity index is 1.55. The molecule has 1 aromatic heterocycles. The SMILES string of the molecule is CCCN(CCC(=O)Nc1nnc(-c2ccccc2)s1)C(=O)Nc1ccc(Cl)cc1Cl. The number of hydrogen-bond acceptors (Lipinski definition) is 5. The van der Waals surface area contributed by atoms with Crippen molar-refractivity contribution in [2.45, 2.75) is 19.8 Å². The Morgan fingerprint density at radius 3 is 2.52 bits per heavy atom. The van der Waals surface area contributed by atoms with Gasteiger partial charge in [0.15, 0.2) is 0 Å². The first-order valence-corrected chi connectivity index (χ1v) is 11.2. The maximum atomic E-state index is 12.6. The number of nitrogens with zero attached hydrogens (tertiary/aromatic N) is 3. The summed E-state index contributed by atoms with van der Waals surface area (Å²) >= 11 is 13.3. The van der Waals surface area contributed by atoms with Gasteiger partial charge in [0.25, 0.3) is 0 Å². The number of halogens is 2. The van der Waals surface area contributed by atoms with Crippen LogP contribution in [0.25, 0.3) is 10.6 Å². The lowest BCUT2D eigenvalue weighted by Crippen LogP contribution is -2.37. The molecule has 0 aliphatic heterocycles. The Morgan fingerprint density at radius 2 is 1.81 bits per heavy atom. The smallest absolute Gasteiger partial charge is 0.321 e. The minimum Gasteiger partial charge on any atom is -0.324 e. The standard InChI is InChI=1S/C21H21Cl2N5O2S/c1-2-11-28(21(30)24-17-9-8-15(22)13-16(17)23)12-10-18(29)25-20-27-26-19(31-20)14-6-4-3-5-7-14/h3-9,13H,2,10-12H2,1H3,(H,24,30)(H,25,27,29). The lowest BCUT2D eigenvalue weighted by atomic mass is 10.2. The van der Waals surface area contributed by atoms with Crippen molar-refractivity contribution >= 4 is 57.3 Å². The number of aromatic nitrogens is 2. The fourth-order valence-electron chi connectivity index (χ4n) is 2.76. The summed E-state index contributed by atoms with van der Waals surface area (Å²) in [6, 6.07) is 14.1. The number of anilines is 2. The van der Waals surface area contributed by atoms with Crippen LogP contribution in [0.15, 0.2) is 48.5 Å². The largest absolute Gasteiger partial charge is 0.324 e. The third-order valence-electron chi connectivity index (χ3n) is 4.25. The second kappa shape index (κ2) is 11.1. The Kier molecular flexibility index (Phi) is 8.22. The number of rotatable bonds is 8. The number of urea groups is 1. The molecular formula is C21H21Cl2N5O2S. The van der Waals surface area contributed by atoms with Gasteiger partial charge in [-0.2, -0.15) is 0 Å². The van der Waals surface area contributed by atoms with Crippen LogP contribution in [-0.2, 0) is 4.79 Å². The van der Waals surface area contributed by atoms with E-state index in [0.717, 1.165) is 17.0 Å². The maximum absolute atomic E-state index is 12.6. The summed E-state index contributed by atoms with van der Waals surface area (Å²) in [5.41, 5.74) is 1.40. The molecule has 3 amide bonds. The van der Waals surface area contributed by atoms with Crippen LogP contribution >= 0.6 is 34.5 Å². The minimum atomic E-state index is -0.332. The average molecular weight is 478 g/mol. The zero-order valence-electron chi connectivity index (χ0n) is 16.8. The van der Waals surface area contributed by atoms with E-state index < -0.39 is 0 Å². The van der Waals surface area contributed by atoms with Gasteiger partial charge in [0.1, 0.15) is 5.01 Å². The molecule has 0 aliphatic rings. The molecule has 0 fully saturated rings. The number of nitrogens with one attached hydrogen (secondary N) is 2. The molecule has 0 bridgehead atoms. The van der Waals surface area contributed by atoms with Crippen LogP contribution < -0.4 is 10.6 Å². The summed E-state index contributed by atoms with van der Waals surface area (Å²) in [5.74, 6) is -0.241. The molecule has 0 atom stereocenters. The van der Waals surface area contributed by atoms with Crippen LogP contribution in [-0.4, -0.2) is 40.1 Å². The molecular weight excluding hydrogens is 457 g/mol. The van der Waals surface area contributed by atoms with Crippen LogP contribution in [0.3, 0.4) is 0 Å². The van der Waals surface area contributed by atoms with Crippen molar-refractivity contribution < 1.29 is 9.59 Å². The number of carbonyl (C=O) groups excluding carboxylic acids is 2. The van der Waals surface area contributed by atoms with Crippen LogP contribution in [0.4, 0.5) is 15.6 Å². The van der Waals surface area contributed by atoms with Gasteiger partial charge in [-0.15, -0.1) is 10.2 Å². The molecule has 2 N–H and O–H groups in total. The molecule has 10 heteroatoms. The molecule has 3 aromatic rings. The number of carbonyl (C=O) groups is 2. The van der Waals surface area contributed by atoms with E-state index in [1.807, 2.05) is 37.3 Å². The minimum absolute atomic E-state index is 0.127. The van der Waals surface area contributed by atoms with Gasteiger partial charge in [0.05, 0.1) is 10.7 Å². The molecule has 162 valence electrons. The molecule has 0 saturated heterocycles. The molecule has 0 unspecified atom stereocenters. The highest BCUT2D eigenvalue weighted by molar-refractivity contribution is 7.18. The van der Waals surface area contributed by atoms with Crippen molar-refractivity contribution in [1.29, 1.82) is 0 Å². The average Bonchev–Trinajstić information content (AvgIpc) is 3.22. The van der Waals surface area contributed by atoms with Crippen molar-refractivity contribution in [3.63, 3.8) is 0 Å². The molecule has 3 rings (SSSR count). The van der Waals surface area contributed by atoms with E-state index in [0.29, 0.717) is 27.4 Å². The van der Waals surface area contributed by atoms with Crippen LogP contribution in [0.5, 0.6) is 0 Å². The molecule has 2 aromatic carbocycles. The summed E-state index contributed by atoms with van der Waals surface area (Å²) in [6.07, 6.45) is 0.877. The van der Waals surface area contributed by atoms with E-state index in [4.69, 9.17) is 23.2 Å². The first-order chi connectivity index (χ1) is 15.0. The molecule has 0 radical (unpaired) electrons. The monoisotopic (exact) mass is 477 g/mol. The highest BCUT2D eigenvalue weighted by atomic mass is 35.5. The number of benzene rings is 2. The van der Waals surface area contributed by atoms with E-state index >= 15 is 0 Å². The summed E-state index contributed by atoms with van der Waals surface area (Å²) in [7, 11) is 0. The van der Waals surface area contributed by atoms with Crippen molar-refractivity contribution in [3.8, 4) is 10.6 Å². The predicted molar refractivity (Wildman–Crippen MR) is 126 cm³/mol. The van der Waals surface area contributed by atoms with Crippen molar-refractivity contribution in [1.82, 2.24) is 15.1 Å². The Morgan fingerprint density at radius 1 is 1.03 bits per heavy atom. The number of hydrogen-bond donors (Lipinski definition) is 2. The molecule has 7 nitrogen and oxygen atoms in total. The highest BCUT2D eigenvalue weighted by Crippen LogP contribution is 2.27. The summed E-state index contributed by atoms with van der Waals surface area (Å²) in [6.45, 7) is 2.71. The van der Waals surface area contributed by atoms with Crippen LogP contribution in [0.2, 0.25) is 10.0 Å². The van der Waals surface area contributed by atoms with Crippen molar-refractivity contribution in [2.24, 2.45) is 0 Å². The van der Waals surface area contributed by atoms with Crippen molar-refractivity contribution in [3.05, 3.63) is 58.6 Å². The van der Waals surface area contributed by atoms with E-state index in [1.165, 1.54) is 11.3 Å². The second-order valence-corrected chi connectivity index (χ2v) is 8.44. The second-order valence-electron chi connectivity index (χ2n) is 6.62. The summed E-state index contributed by atoms with van der Waals surface area (Å²) < 4.78 is 0. The summed E-state index contributed by atoms with van der Waals surface area (Å²) in [5, 5.41) is 15.6. The first-order valence-electron chi connectivity index (χ1n) is 9.66. The maximum Gasteiger partial charge on any atom is 0.321 e. The molecule has 0 spiro atoms. The predicted octanol–water partition coefficient (Wildman–Crippen LogP) is 5.78. The van der Waals surface area contributed by atoms with Crippen LogP contribution in [0, 0.1) is 0 Å². The number of amides is 3. The van der Waals surface area contributed by atoms with E-state index in [1.54, 1.807) is 23.1 Å².